The molecular weight excluding hydrogens is 548 g/mol. The number of hydrogen-bond donors (Lipinski definition) is 2. The lowest BCUT2D eigenvalue weighted by Crippen LogP contribution is -2.33. The first-order chi connectivity index (χ1) is 20.3. The largest absolute Gasteiger partial charge is 0.449 e. The second kappa shape index (κ2) is 13.2. The molecule has 1 heterocycles. The van der Waals surface area contributed by atoms with Crippen LogP contribution in [0.5, 0.6) is 0 Å². The standard InChI is InChI=1S/C33H36N4O4S/c1-33(2,3)41-31(38)34-20-12-11-19-28(30-37-36-29(42-30)22-13-5-4-6-14-22)35-32(39)40-21-27-25-17-9-7-15-23(25)24-16-8-10-18-26(24)27/h4-10,13-18,27-28H,11-12,19-21H2,1-3H3,(H,34,38)(H,35,39)/t28-/m0/s1. The first kappa shape index (κ1) is 29.3. The molecule has 1 aliphatic rings. The van der Waals surface area contributed by atoms with Crippen LogP contribution in [0.25, 0.3) is 21.7 Å². The quantitative estimate of drug-likeness (QED) is 0.187. The number of carbonyl (C=O) groups is 2. The highest BCUT2D eigenvalue weighted by Gasteiger charge is 2.29. The zero-order chi connectivity index (χ0) is 29.5. The Bertz CT molecular complexity index is 1470. The molecule has 5 rings (SSSR count). The lowest BCUT2D eigenvalue weighted by Gasteiger charge is -2.20. The van der Waals surface area contributed by atoms with Gasteiger partial charge in [0.2, 0.25) is 0 Å². The van der Waals surface area contributed by atoms with E-state index in [0.717, 1.165) is 28.1 Å². The van der Waals surface area contributed by atoms with E-state index in [4.69, 9.17) is 9.47 Å². The minimum atomic E-state index is -0.545. The lowest BCUT2D eigenvalue weighted by molar-refractivity contribution is 0.0527. The van der Waals surface area contributed by atoms with Gasteiger partial charge >= 0.3 is 12.2 Å². The van der Waals surface area contributed by atoms with Crippen molar-refractivity contribution in [1.29, 1.82) is 0 Å². The maximum Gasteiger partial charge on any atom is 0.407 e. The summed E-state index contributed by atoms with van der Waals surface area (Å²) in [6.45, 7) is 6.20. The fourth-order valence-corrected chi connectivity index (χ4v) is 6.02. The first-order valence-corrected chi connectivity index (χ1v) is 15.1. The van der Waals surface area contributed by atoms with Crippen molar-refractivity contribution in [3.8, 4) is 21.7 Å². The number of aromatic nitrogens is 2. The van der Waals surface area contributed by atoms with Gasteiger partial charge in [-0.2, -0.15) is 0 Å². The minimum Gasteiger partial charge on any atom is -0.449 e. The van der Waals surface area contributed by atoms with Gasteiger partial charge in [-0.15, -0.1) is 10.2 Å². The number of alkyl carbamates (subject to hydrolysis) is 2. The molecule has 42 heavy (non-hydrogen) atoms. The molecule has 9 heteroatoms. The molecule has 1 aromatic heterocycles. The van der Waals surface area contributed by atoms with Gasteiger partial charge in [-0.3, -0.25) is 0 Å². The SMILES string of the molecule is CC(C)(C)OC(=O)NCCCC[C@H](NC(=O)OCC1c2ccccc2-c2ccccc21)c1nnc(-c2ccccc2)s1. The highest BCUT2D eigenvalue weighted by Crippen LogP contribution is 2.44. The zero-order valence-corrected chi connectivity index (χ0v) is 24.9. The van der Waals surface area contributed by atoms with E-state index in [-0.39, 0.29) is 18.6 Å². The van der Waals surface area contributed by atoms with Crippen molar-refractivity contribution in [2.24, 2.45) is 0 Å². The lowest BCUT2D eigenvalue weighted by atomic mass is 9.98. The molecule has 2 amide bonds. The topological polar surface area (TPSA) is 102 Å². The van der Waals surface area contributed by atoms with Crippen molar-refractivity contribution >= 4 is 23.5 Å². The van der Waals surface area contributed by atoms with Crippen LogP contribution in [0, 0.1) is 0 Å². The number of nitrogens with one attached hydrogen (secondary N) is 2. The van der Waals surface area contributed by atoms with Crippen LogP contribution in [0.3, 0.4) is 0 Å². The molecule has 1 aliphatic carbocycles. The highest BCUT2D eigenvalue weighted by molar-refractivity contribution is 7.14. The van der Waals surface area contributed by atoms with Gasteiger partial charge in [0.25, 0.3) is 0 Å². The van der Waals surface area contributed by atoms with E-state index in [2.05, 4.69) is 45.1 Å². The van der Waals surface area contributed by atoms with Crippen LogP contribution >= 0.6 is 11.3 Å². The van der Waals surface area contributed by atoms with Crippen LogP contribution in [-0.2, 0) is 9.47 Å². The van der Waals surface area contributed by atoms with Crippen LogP contribution in [0.15, 0.2) is 78.9 Å². The van der Waals surface area contributed by atoms with Gasteiger partial charge in [0.15, 0.2) is 0 Å². The Morgan fingerprint density at radius 1 is 0.857 bits per heavy atom. The second-order valence-electron chi connectivity index (χ2n) is 11.3. The summed E-state index contributed by atoms with van der Waals surface area (Å²) in [5, 5.41) is 16.1. The predicted octanol–water partition coefficient (Wildman–Crippen LogP) is 7.48. The molecule has 0 aliphatic heterocycles. The Balaban J connectivity index is 1.22. The Kier molecular flexibility index (Phi) is 9.17. The van der Waals surface area contributed by atoms with Crippen molar-refractivity contribution in [2.75, 3.05) is 13.2 Å². The van der Waals surface area contributed by atoms with E-state index in [1.807, 2.05) is 75.4 Å². The smallest absolute Gasteiger partial charge is 0.407 e. The fraction of sp³-hybridized carbons (Fsp3) is 0.333. The molecule has 0 unspecified atom stereocenters. The fourth-order valence-electron chi connectivity index (χ4n) is 5.09. The summed E-state index contributed by atoms with van der Waals surface area (Å²) >= 11 is 1.45. The Morgan fingerprint density at radius 3 is 2.17 bits per heavy atom. The molecule has 3 aromatic carbocycles. The first-order valence-electron chi connectivity index (χ1n) is 14.3. The van der Waals surface area contributed by atoms with Crippen molar-refractivity contribution in [3.63, 3.8) is 0 Å². The molecule has 0 spiro atoms. The third-order valence-corrected chi connectivity index (χ3v) is 8.07. The van der Waals surface area contributed by atoms with Crippen LogP contribution < -0.4 is 10.6 Å². The minimum absolute atomic E-state index is 0.0215. The average Bonchev–Trinajstić information content (AvgIpc) is 3.59. The maximum absolute atomic E-state index is 13.1. The second-order valence-corrected chi connectivity index (χ2v) is 12.3. The number of unbranched alkanes of at least 4 members (excludes halogenated alkanes) is 1. The monoisotopic (exact) mass is 584 g/mol. The summed E-state index contributed by atoms with van der Waals surface area (Å²) in [5.74, 6) is -0.0215. The predicted molar refractivity (Wildman–Crippen MR) is 164 cm³/mol. The summed E-state index contributed by atoms with van der Waals surface area (Å²) in [4.78, 5) is 25.1. The van der Waals surface area contributed by atoms with E-state index in [1.165, 1.54) is 22.5 Å². The highest BCUT2D eigenvalue weighted by atomic mass is 32.1. The summed E-state index contributed by atoms with van der Waals surface area (Å²) in [7, 11) is 0. The van der Waals surface area contributed by atoms with Crippen LogP contribution in [0.1, 0.15) is 68.1 Å². The van der Waals surface area contributed by atoms with Gasteiger partial charge in [0, 0.05) is 18.0 Å². The van der Waals surface area contributed by atoms with Crippen molar-refractivity contribution in [1.82, 2.24) is 20.8 Å². The number of amides is 2. The van der Waals surface area contributed by atoms with E-state index < -0.39 is 17.8 Å². The number of benzene rings is 3. The molecule has 8 nitrogen and oxygen atoms in total. The van der Waals surface area contributed by atoms with Gasteiger partial charge in [0.05, 0.1) is 6.04 Å². The molecule has 0 radical (unpaired) electrons. The van der Waals surface area contributed by atoms with Crippen LogP contribution in [0.4, 0.5) is 9.59 Å². The Labute approximate surface area is 250 Å². The number of rotatable bonds is 10. The van der Waals surface area contributed by atoms with Gasteiger partial charge in [-0.05, 0) is 62.3 Å². The van der Waals surface area contributed by atoms with E-state index in [9.17, 15) is 9.59 Å². The van der Waals surface area contributed by atoms with Gasteiger partial charge in [0.1, 0.15) is 22.2 Å². The molecule has 2 N–H and O–H groups in total. The van der Waals surface area contributed by atoms with Crippen molar-refractivity contribution in [3.05, 3.63) is 95.0 Å². The molecule has 218 valence electrons. The Morgan fingerprint density at radius 2 is 1.50 bits per heavy atom. The number of nitrogens with zero attached hydrogens (tertiary/aromatic N) is 2. The molecule has 0 fully saturated rings. The summed E-state index contributed by atoms with van der Waals surface area (Å²) in [6.07, 6.45) is 1.14. The molecule has 1 atom stereocenters. The van der Waals surface area contributed by atoms with Gasteiger partial charge in [-0.25, -0.2) is 9.59 Å². The maximum atomic E-state index is 13.1. The summed E-state index contributed by atoms with van der Waals surface area (Å²) < 4.78 is 11.1. The normalized spacial score (nSPS) is 13.1. The molecule has 4 aromatic rings. The molecule has 0 bridgehead atoms. The number of fused-ring (bicyclic) bond motifs is 3. The third kappa shape index (κ3) is 7.33. The van der Waals surface area contributed by atoms with Gasteiger partial charge < -0.3 is 20.1 Å². The van der Waals surface area contributed by atoms with Crippen molar-refractivity contribution in [2.45, 2.75) is 57.6 Å². The molecule has 0 saturated heterocycles. The van der Waals surface area contributed by atoms with E-state index in [1.54, 1.807) is 0 Å². The van der Waals surface area contributed by atoms with E-state index >= 15 is 0 Å². The van der Waals surface area contributed by atoms with Crippen LogP contribution in [0.2, 0.25) is 0 Å². The molecule has 0 saturated carbocycles. The Hall–Kier alpha value is -4.24. The van der Waals surface area contributed by atoms with Gasteiger partial charge in [-0.1, -0.05) is 90.2 Å². The number of ether oxygens (including phenoxy) is 2. The zero-order valence-electron chi connectivity index (χ0n) is 24.1. The number of hydrogen-bond acceptors (Lipinski definition) is 7. The van der Waals surface area contributed by atoms with E-state index in [0.29, 0.717) is 24.4 Å². The number of carbonyl (C=O) groups excluding carboxylic acids is 2. The van der Waals surface area contributed by atoms with Crippen molar-refractivity contribution < 1.29 is 19.1 Å². The third-order valence-electron chi connectivity index (χ3n) is 6.98. The summed E-state index contributed by atoms with van der Waals surface area (Å²) in [6, 6.07) is 26.0. The summed E-state index contributed by atoms with van der Waals surface area (Å²) in [5.41, 5.74) is 5.12. The van der Waals surface area contributed by atoms with Crippen LogP contribution in [-0.4, -0.2) is 41.1 Å². The average molecular weight is 585 g/mol. The molecular formula is C33H36N4O4S.